The Morgan fingerprint density at radius 2 is 1.68 bits per heavy atom. The van der Waals surface area contributed by atoms with Crippen molar-refractivity contribution in [1.29, 1.82) is 0 Å². The predicted molar refractivity (Wildman–Crippen MR) is 151 cm³/mol. The molecule has 0 saturated carbocycles. The lowest BCUT2D eigenvalue weighted by Gasteiger charge is -2.32. The van der Waals surface area contributed by atoms with E-state index in [4.69, 9.17) is 0 Å². The molecule has 2 amide bonds. The zero-order valence-corrected chi connectivity index (χ0v) is 24.2. The number of hydrogen-bond acceptors (Lipinski definition) is 4. The Morgan fingerprint density at radius 3 is 2.27 bits per heavy atom. The molecule has 0 aliphatic carbocycles. The van der Waals surface area contributed by atoms with Crippen molar-refractivity contribution >= 4 is 27.5 Å². The Hall–Kier alpha value is -2.87. The van der Waals surface area contributed by atoms with Crippen molar-refractivity contribution in [3.05, 3.63) is 64.7 Å². The highest BCUT2D eigenvalue weighted by atomic mass is 32.2. The monoisotopic (exact) mass is 529 g/mol. The van der Waals surface area contributed by atoms with Gasteiger partial charge in [0.2, 0.25) is 21.8 Å². The van der Waals surface area contributed by atoms with Crippen molar-refractivity contribution in [3.63, 3.8) is 0 Å². The number of sulfonamides is 1. The van der Waals surface area contributed by atoms with E-state index in [2.05, 4.69) is 5.32 Å². The lowest BCUT2D eigenvalue weighted by molar-refractivity contribution is -0.141. The second kappa shape index (κ2) is 13.6. The number of nitrogens with one attached hydrogen (secondary N) is 1. The zero-order valence-electron chi connectivity index (χ0n) is 23.4. The average molecular weight is 530 g/mol. The van der Waals surface area contributed by atoms with Gasteiger partial charge in [-0.3, -0.25) is 13.9 Å². The second-order valence-electron chi connectivity index (χ2n) is 9.91. The summed E-state index contributed by atoms with van der Waals surface area (Å²) >= 11 is 0. The maximum atomic E-state index is 13.6. The van der Waals surface area contributed by atoms with Crippen LogP contribution in [0.15, 0.2) is 42.5 Å². The fraction of sp³-hybridized carbons (Fsp3) is 0.517. The number of carbonyl (C=O) groups is 2. The molecule has 37 heavy (non-hydrogen) atoms. The normalized spacial score (nSPS) is 13.1. The molecular formula is C29H43N3O4S. The van der Waals surface area contributed by atoms with Crippen molar-refractivity contribution in [3.8, 4) is 0 Å². The number of carbonyl (C=O) groups excluding carboxylic acids is 2. The Balaban J connectivity index is 2.26. The van der Waals surface area contributed by atoms with Gasteiger partial charge in [-0.15, -0.1) is 0 Å². The van der Waals surface area contributed by atoms with E-state index < -0.39 is 16.1 Å². The smallest absolute Gasteiger partial charge is 0.243 e. The maximum Gasteiger partial charge on any atom is 0.243 e. The highest BCUT2D eigenvalue weighted by molar-refractivity contribution is 7.92. The summed E-state index contributed by atoms with van der Waals surface area (Å²) in [4.78, 5) is 28.3. The van der Waals surface area contributed by atoms with Gasteiger partial charge in [-0.05, 0) is 69.7 Å². The van der Waals surface area contributed by atoms with E-state index >= 15 is 0 Å². The van der Waals surface area contributed by atoms with Gasteiger partial charge in [-0.2, -0.15) is 0 Å². The number of benzene rings is 2. The van der Waals surface area contributed by atoms with Crippen LogP contribution in [0, 0.1) is 20.8 Å². The van der Waals surface area contributed by atoms with Gasteiger partial charge >= 0.3 is 0 Å². The molecule has 2 aromatic carbocycles. The molecule has 7 nitrogen and oxygen atoms in total. The second-order valence-corrected chi connectivity index (χ2v) is 11.8. The van der Waals surface area contributed by atoms with Crippen LogP contribution in [-0.2, 0) is 26.2 Å². The van der Waals surface area contributed by atoms with Gasteiger partial charge in [0.1, 0.15) is 6.04 Å². The van der Waals surface area contributed by atoms with Crippen molar-refractivity contribution in [2.45, 2.75) is 85.9 Å². The van der Waals surface area contributed by atoms with Gasteiger partial charge < -0.3 is 10.2 Å². The summed E-state index contributed by atoms with van der Waals surface area (Å²) in [6.07, 6.45) is 2.95. The first kappa shape index (κ1) is 30.4. The van der Waals surface area contributed by atoms with Gasteiger partial charge in [-0.25, -0.2) is 8.42 Å². The third-order valence-electron chi connectivity index (χ3n) is 6.82. The molecule has 0 bridgehead atoms. The van der Waals surface area contributed by atoms with Gasteiger partial charge in [0.05, 0.1) is 11.9 Å². The number of anilines is 1. The molecule has 204 valence electrons. The minimum Gasteiger partial charge on any atom is -0.352 e. The Bertz CT molecular complexity index is 1180. The van der Waals surface area contributed by atoms with Crippen LogP contribution in [0.3, 0.4) is 0 Å². The van der Waals surface area contributed by atoms with Crippen LogP contribution >= 0.6 is 0 Å². The molecule has 0 radical (unpaired) electrons. The molecule has 0 fully saturated rings. The lowest BCUT2D eigenvalue weighted by Crippen LogP contribution is -2.50. The molecule has 0 heterocycles. The van der Waals surface area contributed by atoms with Crippen LogP contribution in [0.1, 0.15) is 68.7 Å². The summed E-state index contributed by atoms with van der Waals surface area (Å²) in [7, 11) is -3.54. The molecule has 2 atom stereocenters. The summed E-state index contributed by atoms with van der Waals surface area (Å²) in [6.45, 7) is 12.2. The van der Waals surface area contributed by atoms with E-state index in [0.29, 0.717) is 25.1 Å². The largest absolute Gasteiger partial charge is 0.352 e. The zero-order chi connectivity index (χ0) is 27.8. The van der Waals surface area contributed by atoms with Crippen molar-refractivity contribution in [1.82, 2.24) is 10.2 Å². The highest BCUT2D eigenvalue weighted by Gasteiger charge is 2.29. The van der Waals surface area contributed by atoms with E-state index in [-0.39, 0.29) is 30.8 Å². The molecule has 2 aromatic rings. The van der Waals surface area contributed by atoms with Gasteiger partial charge in [0.15, 0.2) is 0 Å². The summed E-state index contributed by atoms with van der Waals surface area (Å²) in [5.74, 6) is -0.326. The molecule has 0 aliphatic rings. The van der Waals surface area contributed by atoms with Crippen LogP contribution in [0.4, 0.5) is 5.69 Å². The molecule has 8 heteroatoms. The average Bonchev–Trinajstić information content (AvgIpc) is 2.82. The quantitative estimate of drug-likeness (QED) is 0.401. The first-order valence-corrected chi connectivity index (χ1v) is 14.9. The number of amides is 2. The van der Waals surface area contributed by atoms with Gasteiger partial charge in [0, 0.05) is 25.6 Å². The first-order chi connectivity index (χ1) is 17.4. The Labute approximate surface area is 223 Å². The minimum absolute atomic E-state index is 0.0124. The van der Waals surface area contributed by atoms with Gasteiger partial charge in [-0.1, -0.05) is 55.8 Å². The third kappa shape index (κ3) is 8.59. The van der Waals surface area contributed by atoms with Crippen LogP contribution in [0.5, 0.6) is 0 Å². The van der Waals surface area contributed by atoms with E-state index in [1.807, 2.05) is 77.9 Å². The Morgan fingerprint density at radius 1 is 1.00 bits per heavy atom. The van der Waals surface area contributed by atoms with Gasteiger partial charge in [0.25, 0.3) is 0 Å². The first-order valence-electron chi connectivity index (χ1n) is 13.1. The number of rotatable bonds is 13. The summed E-state index contributed by atoms with van der Waals surface area (Å²) in [6, 6.07) is 12.9. The summed E-state index contributed by atoms with van der Waals surface area (Å²) in [5, 5.41) is 3.02. The fourth-order valence-electron chi connectivity index (χ4n) is 4.36. The Kier molecular flexibility index (Phi) is 11.2. The number of aryl methyl sites for hydroxylation is 2. The lowest BCUT2D eigenvalue weighted by atomic mass is 10.1. The molecular weight excluding hydrogens is 486 g/mol. The highest BCUT2D eigenvalue weighted by Crippen LogP contribution is 2.25. The maximum absolute atomic E-state index is 13.6. The molecule has 0 aliphatic heterocycles. The van der Waals surface area contributed by atoms with Crippen LogP contribution < -0.4 is 9.62 Å². The molecule has 2 rings (SSSR count). The predicted octanol–water partition coefficient (Wildman–Crippen LogP) is 4.88. The summed E-state index contributed by atoms with van der Waals surface area (Å²) in [5.41, 5.74) is 4.57. The SMILES string of the molecule is CC[C@H](C)NC(=O)[C@H](CC)N(Cc1cccc(C)c1)C(=O)CCCN(c1cccc(C)c1C)S(C)(=O)=O. The van der Waals surface area contributed by atoms with E-state index in [1.165, 1.54) is 10.6 Å². The van der Waals surface area contributed by atoms with Crippen molar-refractivity contribution < 1.29 is 18.0 Å². The minimum atomic E-state index is -3.54. The van der Waals surface area contributed by atoms with Crippen LogP contribution in [0.25, 0.3) is 0 Å². The standard InChI is InChI=1S/C29H43N3O4S/c1-8-23(5)30-29(34)26(9-2)31(20-25-15-10-13-21(3)19-25)28(33)17-12-18-32(37(7,35)36)27-16-11-14-22(4)24(27)6/h10-11,13-16,19,23,26H,8-9,12,17-18,20H2,1-7H3,(H,30,34)/t23-,26-/m0/s1. The summed E-state index contributed by atoms with van der Waals surface area (Å²) < 4.78 is 26.6. The molecule has 0 saturated heterocycles. The van der Waals surface area contributed by atoms with Crippen molar-refractivity contribution in [2.75, 3.05) is 17.1 Å². The van der Waals surface area contributed by atoms with E-state index in [1.54, 1.807) is 11.0 Å². The number of nitrogens with zero attached hydrogens (tertiary/aromatic N) is 2. The van der Waals surface area contributed by atoms with Crippen LogP contribution in [-0.4, -0.2) is 50.0 Å². The third-order valence-corrected chi connectivity index (χ3v) is 8.00. The van der Waals surface area contributed by atoms with Crippen LogP contribution in [0.2, 0.25) is 0 Å². The number of hydrogen-bond donors (Lipinski definition) is 1. The van der Waals surface area contributed by atoms with E-state index in [0.717, 1.165) is 28.7 Å². The topological polar surface area (TPSA) is 86.8 Å². The molecule has 1 N–H and O–H groups in total. The molecule has 0 unspecified atom stereocenters. The van der Waals surface area contributed by atoms with E-state index in [9.17, 15) is 18.0 Å². The fourth-order valence-corrected chi connectivity index (χ4v) is 5.37. The molecule has 0 aromatic heterocycles. The van der Waals surface area contributed by atoms with Crippen molar-refractivity contribution in [2.24, 2.45) is 0 Å². The molecule has 0 spiro atoms.